The second kappa shape index (κ2) is 7.53. The Morgan fingerprint density at radius 2 is 1.12 bits per heavy atom. The zero-order valence-corrected chi connectivity index (χ0v) is 19.9. The van der Waals surface area contributed by atoms with E-state index in [-0.39, 0.29) is 16.2 Å². The van der Waals surface area contributed by atoms with Crippen molar-refractivity contribution in [3.63, 3.8) is 0 Å². The molecule has 26 heavy (non-hydrogen) atoms. The third-order valence-corrected chi connectivity index (χ3v) is 7.33. The Morgan fingerprint density at radius 3 is 1.50 bits per heavy atom. The van der Waals surface area contributed by atoms with Crippen LogP contribution < -0.4 is 4.46 Å². The molecule has 0 saturated carbocycles. The molecule has 0 bridgehead atoms. The summed E-state index contributed by atoms with van der Waals surface area (Å²) in [5.74, 6) is 0. The molecule has 0 heterocycles. The maximum absolute atomic E-state index is 2.50. The van der Waals surface area contributed by atoms with Gasteiger partial charge in [-0.15, -0.1) is 0 Å². The van der Waals surface area contributed by atoms with Gasteiger partial charge in [-0.3, -0.25) is 0 Å². The molecule has 0 saturated heterocycles. The first-order valence-corrected chi connectivity index (χ1v) is 11.7. The van der Waals surface area contributed by atoms with Crippen molar-refractivity contribution in [3.8, 4) is 0 Å². The van der Waals surface area contributed by atoms with Gasteiger partial charge >= 0.3 is 168 Å². The molecule has 0 spiro atoms. The molecule has 2 rings (SSSR count). The predicted molar refractivity (Wildman–Crippen MR) is 118 cm³/mol. The first-order valence-electron chi connectivity index (χ1n) is 9.66. The van der Waals surface area contributed by atoms with E-state index < -0.39 is 0 Å². The van der Waals surface area contributed by atoms with Gasteiger partial charge in [0.1, 0.15) is 0 Å². The van der Waals surface area contributed by atoms with Crippen molar-refractivity contribution in [1.82, 2.24) is 0 Å². The van der Waals surface area contributed by atoms with Crippen LogP contribution in [0.2, 0.25) is 0 Å². The van der Waals surface area contributed by atoms with Crippen molar-refractivity contribution < 1.29 is 0 Å². The van der Waals surface area contributed by atoms with E-state index in [1.54, 1.807) is 15.6 Å². The summed E-state index contributed by atoms with van der Waals surface area (Å²) in [6, 6.07) is 15.9. The van der Waals surface area contributed by atoms with Crippen LogP contribution in [0.15, 0.2) is 42.5 Å². The van der Waals surface area contributed by atoms with Gasteiger partial charge in [0, 0.05) is 0 Å². The number of benzene rings is 2. The van der Waals surface area contributed by atoms with Crippen LogP contribution in [0.4, 0.5) is 0 Å². The van der Waals surface area contributed by atoms with Gasteiger partial charge in [0.2, 0.25) is 0 Å². The molecule has 2 aromatic carbocycles. The molecular formula is C25H36Se. The van der Waals surface area contributed by atoms with Crippen LogP contribution in [0.5, 0.6) is 0 Å². The van der Waals surface area contributed by atoms with E-state index in [4.69, 9.17) is 0 Å². The van der Waals surface area contributed by atoms with Crippen LogP contribution in [-0.2, 0) is 21.6 Å². The molecule has 0 aliphatic carbocycles. The summed E-state index contributed by atoms with van der Waals surface area (Å²) in [6.45, 7) is 21.2. The number of rotatable bonds is 3. The minimum atomic E-state index is 0.162. The van der Waals surface area contributed by atoms with E-state index in [2.05, 4.69) is 105 Å². The zero-order valence-electron chi connectivity index (χ0n) is 18.2. The number of hydrogen-bond donors (Lipinski definition) is 0. The summed E-state index contributed by atoms with van der Waals surface area (Å²) in [4.78, 5) is 0. The predicted octanol–water partition coefficient (Wildman–Crippen LogP) is 6.11. The topological polar surface area (TPSA) is 0 Å². The Kier molecular flexibility index (Phi) is 6.16. The summed E-state index contributed by atoms with van der Waals surface area (Å²) in [7, 11) is 0. The molecule has 0 fully saturated rings. The van der Waals surface area contributed by atoms with Crippen molar-refractivity contribution in [2.45, 2.75) is 83.9 Å². The van der Waals surface area contributed by atoms with Crippen molar-refractivity contribution in [3.05, 3.63) is 64.7 Å². The summed E-state index contributed by atoms with van der Waals surface area (Å²) in [6.07, 6.45) is 0. The van der Waals surface area contributed by atoms with Crippen LogP contribution in [0.3, 0.4) is 0 Å². The normalized spacial score (nSPS) is 13.1. The molecule has 0 aromatic heterocycles. The first kappa shape index (κ1) is 21.3. The van der Waals surface area contributed by atoms with E-state index in [1.807, 2.05) is 0 Å². The molecule has 0 N–H and O–H groups in total. The Labute approximate surface area is 168 Å². The molecule has 0 aliphatic heterocycles. The van der Waals surface area contributed by atoms with E-state index in [0.29, 0.717) is 15.0 Å². The average Bonchev–Trinajstić information content (AvgIpc) is 2.50. The second-order valence-electron chi connectivity index (χ2n) is 10.4. The minimum absolute atomic E-state index is 0.162. The Hall–Kier alpha value is -1.04. The van der Waals surface area contributed by atoms with Crippen LogP contribution in [-0.4, -0.2) is 15.0 Å². The molecule has 0 amide bonds. The van der Waals surface area contributed by atoms with E-state index >= 15 is 0 Å². The van der Waals surface area contributed by atoms with Gasteiger partial charge in [-0.2, -0.15) is 0 Å². The standard InChI is InChI=1S/C25H36Se/c1-23(2,3)19-15-20(24(4,5)6)22(21(16-19)25(7,8)9)26-17-18-13-11-10-12-14-18/h10-16H,17H2,1-9H3. The number of hydrogen-bond acceptors (Lipinski definition) is 0. The SMILES string of the molecule is CC(C)(C)c1cc(C(C)(C)C)c([Se]Cc2ccccc2)c(C(C)(C)C)c1. The van der Waals surface area contributed by atoms with E-state index in [0.717, 1.165) is 5.32 Å². The quantitative estimate of drug-likeness (QED) is 0.531. The van der Waals surface area contributed by atoms with Gasteiger partial charge in [-0.05, 0) is 0 Å². The maximum atomic E-state index is 2.50. The monoisotopic (exact) mass is 416 g/mol. The van der Waals surface area contributed by atoms with Crippen LogP contribution >= 0.6 is 0 Å². The Balaban J connectivity index is 2.62. The van der Waals surface area contributed by atoms with Crippen LogP contribution in [0.25, 0.3) is 0 Å². The third-order valence-electron chi connectivity index (χ3n) is 4.80. The van der Waals surface area contributed by atoms with Gasteiger partial charge in [0.25, 0.3) is 0 Å². The van der Waals surface area contributed by atoms with Gasteiger partial charge in [0.15, 0.2) is 0 Å². The fourth-order valence-electron chi connectivity index (χ4n) is 3.06. The van der Waals surface area contributed by atoms with Crippen molar-refractivity contribution >= 4 is 19.4 Å². The van der Waals surface area contributed by atoms with Crippen molar-refractivity contribution in [2.24, 2.45) is 0 Å². The summed E-state index contributed by atoms with van der Waals surface area (Å²) in [5.41, 5.74) is 6.50. The molecular weight excluding hydrogens is 379 g/mol. The van der Waals surface area contributed by atoms with E-state index in [9.17, 15) is 0 Å². The van der Waals surface area contributed by atoms with Gasteiger partial charge in [-0.1, -0.05) is 0 Å². The summed E-state index contributed by atoms with van der Waals surface area (Å²) < 4.78 is 1.62. The van der Waals surface area contributed by atoms with E-state index in [1.165, 1.54) is 11.1 Å². The molecule has 2 aromatic rings. The van der Waals surface area contributed by atoms with Crippen molar-refractivity contribution in [2.75, 3.05) is 0 Å². The van der Waals surface area contributed by atoms with Gasteiger partial charge < -0.3 is 0 Å². The summed E-state index contributed by atoms with van der Waals surface area (Å²) >= 11 is 0.434. The zero-order chi connectivity index (χ0) is 19.8. The molecule has 0 aliphatic rings. The summed E-state index contributed by atoms with van der Waals surface area (Å²) in [5, 5.41) is 1.16. The Bertz CT molecular complexity index is 699. The van der Waals surface area contributed by atoms with Gasteiger partial charge in [0.05, 0.1) is 0 Å². The van der Waals surface area contributed by atoms with Gasteiger partial charge in [-0.25, -0.2) is 0 Å². The van der Waals surface area contributed by atoms with Crippen molar-refractivity contribution in [1.29, 1.82) is 0 Å². The second-order valence-corrected chi connectivity index (χ2v) is 12.5. The molecule has 142 valence electrons. The average molecular weight is 416 g/mol. The first-order chi connectivity index (χ1) is 11.8. The molecule has 0 atom stereocenters. The fourth-order valence-corrected chi connectivity index (χ4v) is 6.30. The third kappa shape index (κ3) is 5.24. The molecule has 1 heteroatoms. The fraction of sp³-hybridized carbons (Fsp3) is 0.520. The molecule has 0 unspecified atom stereocenters. The van der Waals surface area contributed by atoms with Crippen LogP contribution in [0.1, 0.15) is 84.6 Å². The molecule has 0 nitrogen and oxygen atoms in total. The van der Waals surface area contributed by atoms with Crippen LogP contribution in [0, 0.1) is 0 Å². The Morgan fingerprint density at radius 1 is 0.654 bits per heavy atom. The molecule has 0 radical (unpaired) electrons.